The third kappa shape index (κ3) is 2.36. The second kappa shape index (κ2) is 5.19. The minimum Gasteiger partial charge on any atom is -0.398 e. The Morgan fingerprint density at radius 2 is 1.67 bits per heavy atom. The molecule has 0 radical (unpaired) electrons. The van der Waals surface area contributed by atoms with Crippen LogP contribution in [0.15, 0.2) is 54.6 Å². The molecule has 0 heterocycles. The summed E-state index contributed by atoms with van der Waals surface area (Å²) in [7, 11) is 0. The van der Waals surface area contributed by atoms with Gasteiger partial charge in [-0.05, 0) is 35.7 Å². The predicted molar refractivity (Wildman–Crippen MR) is 83.2 cm³/mol. The predicted octanol–water partition coefficient (Wildman–Crippen LogP) is 4.45. The van der Waals surface area contributed by atoms with Gasteiger partial charge in [0.25, 0.3) is 0 Å². The van der Waals surface area contributed by atoms with Crippen molar-refractivity contribution in [1.29, 1.82) is 0 Å². The molecule has 0 aromatic heterocycles. The molecule has 21 heavy (non-hydrogen) atoms. The Labute approximate surface area is 126 Å². The molecular weight excluding hydrogens is 289 g/mol. The van der Waals surface area contributed by atoms with E-state index >= 15 is 0 Å². The largest absolute Gasteiger partial charge is 0.398 e. The summed E-state index contributed by atoms with van der Waals surface area (Å²) in [5, 5.41) is 1.39. The molecule has 3 aromatic carbocycles. The third-order valence-corrected chi connectivity index (χ3v) is 3.61. The average molecular weight is 300 g/mol. The number of rotatable bonds is 2. The molecule has 4 heteroatoms. The van der Waals surface area contributed by atoms with E-state index in [1.807, 2.05) is 0 Å². The first kappa shape index (κ1) is 13.6. The van der Waals surface area contributed by atoms with Gasteiger partial charge in [-0.1, -0.05) is 35.9 Å². The minimum absolute atomic E-state index is 0.272. The lowest BCUT2D eigenvalue weighted by molar-refractivity contribution is 0.104. The summed E-state index contributed by atoms with van der Waals surface area (Å²) < 4.78 is 13.8. The van der Waals surface area contributed by atoms with Gasteiger partial charge in [0, 0.05) is 27.2 Å². The highest BCUT2D eigenvalue weighted by molar-refractivity contribution is 6.31. The maximum Gasteiger partial charge on any atom is 0.195 e. The van der Waals surface area contributed by atoms with Crippen molar-refractivity contribution in [1.82, 2.24) is 0 Å². The van der Waals surface area contributed by atoms with Gasteiger partial charge in [-0.25, -0.2) is 4.39 Å². The van der Waals surface area contributed by atoms with Crippen molar-refractivity contribution in [3.8, 4) is 0 Å². The minimum atomic E-state index is -0.360. The van der Waals surface area contributed by atoms with Crippen LogP contribution in [-0.2, 0) is 0 Å². The van der Waals surface area contributed by atoms with Crippen LogP contribution >= 0.6 is 11.6 Å². The normalized spacial score (nSPS) is 10.8. The summed E-state index contributed by atoms with van der Waals surface area (Å²) >= 11 is 5.92. The molecular formula is C17H11ClFNO. The van der Waals surface area contributed by atoms with Crippen LogP contribution in [0.2, 0.25) is 5.02 Å². The van der Waals surface area contributed by atoms with Crippen LogP contribution in [0.3, 0.4) is 0 Å². The first-order valence-corrected chi connectivity index (χ1v) is 6.72. The average Bonchev–Trinajstić information content (AvgIpc) is 2.50. The van der Waals surface area contributed by atoms with E-state index in [0.717, 1.165) is 0 Å². The maximum atomic E-state index is 13.8. The summed E-state index contributed by atoms with van der Waals surface area (Å²) in [6, 6.07) is 14.3. The molecule has 0 saturated carbocycles. The summed E-state index contributed by atoms with van der Waals surface area (Å²) in [6.45, 7) is 0. The first-order chi connectivity index (χ1) is 10.1. The van der Waals surface area contributed by atoms with Crippen LogP contribution in [0.25, 0.3) is 10.8 Å². The summed E-state index contributed by atoms with van der Waals surface area (Å²) in [5.41, 5.74) is 6.92. The van der Waals surface area contributed by atoms with Crippen LogP contribution in [0.1, 0.15) is 15.9 Å². The van der Waals surface area contributed by atoms with Gasteiger partial charge in [-0.2, -0.15) is 0 Å². The zero-order valence-corrected chi connectivity index (χ0v) is 11.7. The van der Waals surface area contributed by atoms with E-state index in [4.69, 9.17) is 17.3 Å². The molecule has 0 aliphatic heterocycles. The second-order valence-electron chi connectivity index (χ2n) is 4.70. The summed E-state index contributed by atoms with van der Waals surface area (Å²) in [4.78, 5) is 12.7. The number of fused-ring (bicyclic) bond motifs is 1. The smallest absolute Gasteiger partial charge is 0.195 e. The van der Waals surface area contributed by atoms with Gasteiger partial charge in [0.1, 0.15) is 5.82 Å². The monoisotopic (exact) mass is 299 g/mol. The Balaban J connectivity index is 2.23. The van der Waals surface area contributed by atoms with Crippen LogP contribution in [0, 0.1) is 5.82 Å². The highest BCUT2D eigenvalue weighted by Crippen LogP contribution is 2.27. The number of benzene rings is 3. The topological polar surface area (TPSA) is 43.1 Å². The van der Waals surface area contributed by atoms with Crippen molar-refractivity contribution in [2.75, 3.05) is 5.73 Å². The number of halogens is 2. The quantitative estimate of drug-likeness (QED) is 0.561. The molecule has 2 N–H and O–H groups in total. The standard InChI is InChI=1S/C17H11ClFNO/c18-10-5-8-16(20)14(9-10)17(21)13-6-7-15(19)12-4-2-1-3-11(12)13/h1-9H,20H2. The van der Waals surface area contributed by atoms with Crippen molar-refractivity contribution in [3.63, 3.8) is 0 Å². The summed E-state index contributed by atoms with van der Waals surface area (Å²) in [6.07, 6.45) is 0. The van der Waals surface area contributed by atoms with E-state index in [0.29, 0.717) is 32.6 Å². The van der Waals surface area contributed by atoms with E-state index in [1.54, 1.807) is 36.4 Å². The lowest BCUT2D eigenvalue weighted by Gasteiger charge is -2.09. The van der Waals surface area contributed by atoms with Gasteiger partial charge in [-0.3, -0.25) is 4.79 Å². The number of hydrogen-bond acceptors (Lipinski definition) is 2. The molecule has 0 aliphatic carbocycles. The van der Waals surface area contributed by atoms with E-state index in [1.165, 1.54) is 18.2 Å². The number of nitrogen functional groups attached to an aromatic ring is 1. The fraction of sp³-hybridized carbons (Fsp3) is 0. The van der Waals surface area contributed by atoms with Crippen molar-refractivity contribution in [2.24, 2.45) is 0 Å². The van der Waals surface area contributed by atoms with E-state index in [-0.39, 0.29) is 11.6 Å². The number of anilines is 1. The molecule has 3 rings (SSSR count). The van der Waals surface area contributed by atoms with Gasteiger partial charge in [0.2, 0.25) is 0 Å². The zero-order chi connectivity index (χ0) is 15.0. The molecule has 0 amide bonds. The number of carbonyl (C=O) groups is 1. The van der Waals surface area contributed by atoms with Gasteiger partial charge >= 0.3 is 0 Å². The van der Waals surface area contributed by atoms with Crippen molar-refractivity contribution < 1.29 is 9.18 Å². The molecule has 0 fully saturated rings. The second-order valence-corrected chi connectivity index (χ2v) is 5.14. The Hall–Kier alpha value is -2.39. The highest BCUT2D eigenvalue weighted by Gasteiger charge is 2.16. The SMILES string of the molecule is Nc1ccc(Cl)cc1C(=O)c1ccc(F)c2ccccc12. The number of ketones is 1. The Bertz CT molecular complexity index is 861. The van der Waals surface area contributed by atoms with Crippen molar-refractivity contribution in [2.45, 2.75) is 0 Å². The van der Waals surface area contributed by atoms with Crippen molar-refractivity contribution >= 4 is 33.8 Å². The molecule has 0 aliphatic rings. The number of carbonyl (C=O) groups excluding carboxylic acids is 1. The maximum absolute atomic E-state index is 13.8. The lowest BCUT2D eigenvalue weighted by atomic mass is 9.96. The molecule has 3 aromatic rings. The van der Waals surface area contributed by atoms with Gasteiger partial charge in [-0.15, -0.1) is 0 Å². The van der Waals surface area contributed by atoms with Gasteiger partial charge in [0.05, 0.1) is 0 Å². The Morgan fingerprint density at radius 1 is 0.952 bits per heavy atom. The fourth-order valence-corrected chi connectivity index (χ4v) is 2.50. The highest BCUT2D eigenvalue weighted by atomic mass is 35.5. The van der Waals surface area contributed by atoms with Crippen LogP contribution in [0.5, 0.6) is 0 Å². The summed E-state index contributed by atoms with van der Waals surface area (Å²) in [5.74, 6) is -0.632. The van der Waals surface area contributed by atoms with Crippen molar-refractivity contribution in [3.05, 3.63) is 76.6 Å². The Morgan fingerprint density at radius 3 is 2.43 bits per heavy atom. The molecule has 104 valence electrons. The fourth-order valence-electron chi connectivity index (χ4n) is 2.33. The van der Waals surface area contributed by atoms with E-state index in [2.05, 4.69) is 0 Å². The van der Waals surface area contributed by atoms with Crippen LogP contribution in [-0.4, -0.2) is 5.78 Å². The first-order valence-electron chi connectivity index (χ1n) is 6.35. The Kier molecular flexibility index (Phi) is 3.35. The van der Waals surface area contributed by atoms with Gasteiger partial charge in [0.15, 0.2) is 5.78 Å². The third-order valence-electron chi connectivity index (χ3n) is 3.38. The number of hydrogen-bond donors (Lipinski definition) is 1. The molecule has 0 saturated heterocycles. The molecule has 2 nitrogen and oxygen atoms in total. The zero-order valence-electron chi connectivity index (χ0n) is 10.9. The lowest BCUT2D eigenvalue weighted by Crippen LogP contribution is -2.06. The molecule has 0 spiro atoms. The van der Waals surface area contributed by atoms with Crippen LogP contribution in [0.4, 0.5) is 10.1 Å². The van der Waals surface area contributed by atoms with Gasteiger partial charge < -0.3 is 5.73 Å². The number of nitrogens with two attached hydrogens (primary N) is 1. The van der Waals surface area contributed by atoms with Crippen LogP contribution < -0.4 is 5.73 Å². The molecule has 0 atom stereocenters. The van der Waals surface area contributed by atoms with E-state index in [9.17, 15) is 9.18 Å². The van der Waals surface area contributed by atoms with E-state index < -0.39 is 0 Å². The molecule has 0 bridgehead atoms. The molecule has 0 unspecified atom stereocenters.